The average molecular weight is 368 g/mol. The smallest absolute Gasteiger partial charge is 0.254 e. The van der Waals surface area contributed by atoms with Gasteiger partial charge >= 0.3 is 0 Å². The molecule has 0 radical (unpaired) electrons. The highest BCUT2D eigenvalue weighted by molar-refractivity contribution is 7.89. The summed E-state index contributed by atoms with van der Waals surface area (Å²) in [4.78, 5) is 14.3. The molecule has 0 saturated carbocycles. The molecule has 7 nitrogen and oxygen atoms in total. The number of hydrogen-bond acceptors (Lipinski definition) is 5. The second kappa shape index (κ2) is 8.27. The Bertz CT molecular complexity index is 677. The van der Waals surface area contributed by atoms with E-state index < -0.39 is 10.0 Å². The first-order chi connectivity index (χ1) is 12.1. The van der Waals surface area contributed by atoms with Gasteiger partial charge < -0.3 is 14.4 Å². The van der Waals surface area contributed by atoms with Crippen LogP contribution in [0.25, 0.3) is 0 Å². The first kappa shape index (κ1) is 18.3. The molecule has 1 atom stereocenters. The predicted octanol–water partition coefficient (Wildman–Crippen LogP) is 0.864. The number of sulfonamides is 1. The highest BCUT2D eigenvalue weighted by atomic mass is 32.2. The van der Waals surface area contributed by atoms with Crippen LogP contribution >= 0.6 is 0 Å². The van der Waals surface area contributed by atoms with E-state index in [0.717, 1.165) is 19.4 Å². The minimum atomic E-state index is -3.58. The Morgan fingerprint density at radius 1 is 1.12 bits per heavy atom. The number of hydrogen-bond donors (Lipinski definition) is 1. The van der Waals surface area contributed by atoms with Crippen LogP contribution < -0.4 is 4.72 Å². The van der Waals surface area contributed by atoms with Crippen molar-refractivity contribution in [3.05, 3.63) is 29.8 Å². The van der Waals surface area contributed by atoms with Crippen molar-refractivity contribution in [1.29, 1.82) is 0 Å². The lowest BCUT2D eigenvalue weighted by Crippen LogP contribution is -2.40. The molecule has 2 fully saturated rings. The number of benzene rings is 1. The summed E-state index contributed by atoms with van der Waals surface area (Å²) in [6.07, 6.45) is 1.93. The second-order valence-electron chi connectivity index (χ2n) is 6.36. The SMILES string of the molecule is O=C(c1ccc(S(=O)(=O)NCC2CCCOC2)cc1)N1CCOCC1. The number of ether oxygens (including phenoxy) is 2. The monoisotopic (exact) mass is 368 g/mol. The summed E-state index contributed by atoms with van der Waals surface area (Å²) in [6, 6.07) is 6.09. The summed E-state index contributed by atoms with van der Waals surface area (Å²) >= 11 is 0. The van der Waals surface area contributed by atoms with E-state index in [1.54, 1.807) is 17.0 Å². The van der Waals surface area contributed by atoms with E-state index >= 15 is 0 Å². The van der Waals surface area contributed by atoms with Crippen molar-refractivity contribution >= 4 is 15.9 Å². The quantitative estimate of drug-likeness (QED) is 0.833. The van der Waals surface area contributed by atoms with Crippen molar-refractivity contribution in [2.24, 2.45) is 5.92 Å². The fourth-order valence-corrected chi connectivity index (χ4v) is 4.12. The third kappa shape index (κ3) is 4.78. The van der Waals surface area contributed by atoms with Crippen LogP contribution in [0, 0.1) is 5.92 Å². The summed E-state index contributed by atoms with van der Waals surface area (Å²) < 4.78 is 38.0. The summed E-state index contributed by atoms with van der Waals surface area (Å²) in [7, 11) is -3.58. The molecule has 2 aliphatic heterocycles. The topological polar surface area (TPSA) is 84.9 Å². The molecular weight excluding hydrogens is 344 g/mol. The fourth-order valence-electron chi connectivity index (χ4n) is 3.00. The van der Waals surface area contributed by atoms with Crippen LogP contribution in [0.4, 0.5) is 0 Å². The minimum Gasteiger partial charge on any atom is -0.381 e. The van der Waals surface area contributed by atoms with Gasteiger partial charge in [-0.05, 0) is 43.0 Å². The van der Waals surface area contributed by atoms with Gasteiger partial charge in [-0.3, -0.25) is 4.79 Å². The van der Waals surface area contributed by atoms with Gasteiger partial charge in [0.05, 0.1) is 24.7 Å². The number of nitrogens with one attached hydrogen (secondary N) is 1. The van der Waals surface area contributed by atoms with Gasteiger partial charge in [0, 0.05) is 31.8 Å². The number of rotatable bonds is 5. The maximum absolute atomic E-state index is 12.4. The lowest BCUT2D eigenvalue weighted by atomic mass is 10.0. The van der Waals surface area contributed by atoms with E-state index in [-0.39, 0.29) is 16.7 Å². The number of morpholine rings is 1. The van der Waals surface area contributed by atoms with E-state index in [1.807, 2.05) is 0 Å². The number of amides is 1. The third-order valence-electron chi connectivity index (χ3n) is 4.53. The fraction of sp³-hybridized carbons (Fsp3) is 0.588. The lowest BCUT2D eigenvalue weighted by molar-refractivity contribution is 0.0303. The molecule has 0 aliphatic carbocycles. The molecular formula is C17H24N2O5S. The summed E-state index contributed by atoms with van der Waals surface area (Å²) in [5.41, 5.74) is 0.488. The van der Waals surface area contributed by atoms with Crippen LogP contribution in [0.1, 0.15) is 23.2 Å². The third-order valence-corrected chi connectivity index (χ3v) is 5.97. The largest absolute Gasteiger partial charge is 0.381 e. The van der Waals surface area contributed by atoms with Gasteiger partial charge in [0.1, 0.15) is 0 Å². The molecule has 8 heteroatoms. The van der Waals surface area contributed by atoms with Crippen LogP contribution in [0.3, 0.4) is 0 Å². The first-order valence-electron chi connectivity index (χ1n) is 8.61. The molecule has 3 rings (SSSR count). The van der Waals surface area contributed by atoms with Gasteiger partial charge in [0.15, 0.2) is 0 Å². The Morgan fingerprint density at radius 2 is 1.84 bits per heavy atom. The Hall–Kier alpha value is -1.48. The van der Waals surface area contributed by atoms with Crippen LogP contribution in [0.2, 0.25) is 0 Å². The standard InChI is InChI=1S/C17H24N2O5S/c20-17(19-7-10-23-11-8-19)15-3-5-16(6-4-15)25(21,22)18-12-14-2-1-9-24-13-14/h3-6,14,18H,1-2,7-13H2. The van der Waals surface area contributed by atoms with Crippen molar-refractivity contribution < 1.29 is 22.7 Å². The van der Waals surface area contributed by atoms with E-state index in [2.05, 4.69) is 4.72 Å². The predicted molar refractivity (Wildman–Crippen MR) is 91.9 cm³/mol. The Kier molecular flexibility index (Phi) is 6.06. The number of carbonyl (C=O) groups excluding carboxylic acids is 1. The van der Waals surface area contributed by atoms with Gasteiger partial charge in [-0.2, -0.15) is 0 Å². The molecule has 2 aliphatic rings. The zero-order valence-corrected chi connectivity index (χ0v) is 15.0. The van der Waals surface area contributed by atoms with Crippen LogP contribution in [0.15, 0.2) is 29.2 Å². The Balaban J connectivity index is 1.61. The molecule has 1 aromatic carbocycles. The van der Waals surface area contributed by atoms with Gasteiger partial charge in [-0.15, -0.1) is 0 Å². The van der Waals surface area contributed by atoms with Gasteiger partial charge in [0.25, 0.3) is 5.91 Å². The summed E-state index contributed by atoms with van der Waals surface area (Å²) in [5, 5.41) is 0. The molecule has 138 valence electrons. The minimum absolute atomic E-state index is 0.0976. The highest BCUT2D eigenvalue weighted by Crippen LogP contribution is 2.16. The van der Waals surface area contributed by atoms with E-state index in [0.29, 0.717) is 45.0 Å². The summed E-state index contributed by atoms with van der Waals surface area (Å²) in [5.74, 6) is 0.116. The van der Waals surface area contributed by atoms with Crippen LogP contribution in [-0.2, 0) is 19.5 Å². The van der Waals surface area contributed by atoms with Crippen LogP contribution in [0.5, 0.6) is 0 Å². The van der Waals surface area contributed by atoms with Crippen molar-refractivity contribution in [1.82, 2.24) is 9.62 Å². The van der Waals surface area contributed by atoms with E-state index in [4.69, 9.17) is 9.47 Å². The maximum Gasteiger partial charge on any atom is 0.254 e. The molecule has 1 N–H and O–H groups in total. The molecule has 1 unspecified atom stereocenters. The first-order valence-corrected chi connectivity index (χ1v) is 10.1. The number of carbonyl (C=O) groups is 1. The van der Waals surface area contributed by atoms with Gasteiger partial charge in [0.2, 0.25) is 10.0 Å². The van der Waals surface area contributed by atoms with Crippen molar-refractivity contribution in [3.63, 3.8) is 0 Å². The highest BCUT2D eigenvalue weighted by Gasteiger charge is 2.21. The molecule has 1 amide bonds. The molecule has 2 heterocycles. The zero-order valence-electron chi connectivity index (χ0n) is 14.1. The van der Waals surface area contributed by atoms with Gasteiger partial charge in [-0.1, -0.05) is 0 Å². The van der Waals surface area contributed by atoms with Crippen molar-refractivity contribution in [3.8, 4) is 0 Å². The van der Waals surface area contributed by atoms with Crippen LogP contribution in [-0.4, -0.2) is 65.3 Å². The molecule has 0 aromatic heterocycles. The molecule has 2 saturated heterocycles. The van der Waals surface area contributed by atoms with E-state index in [1.165, 1.54) is 12.1 Å². The maximum atomic E-state index is 12.4. The lowest BCUT2D eigenvalue weighted by Gasteiger charge is -2.26. The average Bonchev–Trinajstić information content (AvgIpc) is 2.67. The van der Waals surface area contributed by atoms with Crippen molar-refractivity contribution in [2.45, 2.75) is 17.7 Å². The number of nitrogens with zero attached hydrogens (tertiary/aromatic N) is 1. The Labute approximate surface area is 148 Å². The van der Waals surface area contributed by atoms with E-state index in [9.17, 15) is 13.2 Å². The molecule has 25 heavy (non-hydrogen) atoms. The van der Waals surface area contributed by atoms with Gasteiger partial charge in [-0.25, -0.2) is 13.1 Å². The molecule has 0 spiro atoms. The summed E-state index contributed by atoms with van der Waals surface area (Å²) in [6.45, 7) is 3.90. The Morgan fingerprint density at radius 3 is 2.48 bits per heavy atom. The molecule has 1 aromatic rings. The zero-order chi connectivity index (χ0) is 17.7. The second-order valence-corrected chi connectivity index (χ2v) is 8.13. The normalized spacial score (nSPS) is 21.9. The van der Waals surface area contributed by atoms with Crippen molar-refractivity contribution in [2.75, 3.05) is 46.1 Å². The molecule has 0 bridgehead atoms.